The van der Waals surface area contributed by atoms with E-state index in [1.54, 1.807) is 0 Å². The summed E-state index contributed by atoms with van der Waals surface area (Å²) < 4.78 is 0. The summed E-state index contributed by atoms with van der Waals surface area (Å²) >= 11 is 0. The lowest BCUT2D eigenvalue weighted by Gasteiger charge is -2.14. The van der Waals surface area contributed by atoms with Crippen LogP contribution in [0.5, 0.6) is 0 Å². The van der Waals surface area contributed by atoms with Crippen LogP contribution >= 0.6 is 0 Å². The van der Waals surface area contributed by atoms with Crippen LogP contribution in [0, 0.1) is 34.6 Å². The first-order valence-corrected chi connectivity index (χ1v) is 6.32. The second-order valence-electron chi connectivity index (χ2n) is 5.18. The zero-order valence-corrected chi connectivity index (χ0v) is 11.8. The zero-order valence-electron chi connectivity index (χ0n) is 11.8. The Bertz CT molecular complexity index is 581. The predicted octanol–water partition coefficient (Wildman–Crippen LogP) is 3.64. The predicted molar refractivity (Wildman–Crippen MR) is 75.0 cm³/mol. The summed E-state index contributed by atoms with van der Waals surface area (Å²) in [6.45, 7) is 10.3. The number of hydrogen-bond acceptors (Lipinski definition) is 1. The van der Waals surface area contributed by atoms with Gasteiger partial charge in [-0.15, -0.1) is 0 Å². The third-order valence-electron chi connectivity index (χ3n) is 3.84. The van der Waals surface area contributed by atoms with Crippen LogP contribution in [0.2, 0.25) is 0 Å². The molecule has 18 heavy (non-hydrogen) atoms. The van der Waals surface area contributed by atoms with Crippen LogP contribution in [0.15, 0.2) is 18.2 Å². The number of aromatic amines is 1. The molecule has 0 saturated carbocycles. The van der Waals surface area contributed by atoms with Crippen LogP contribution in [0.3, 0.4) is 0 Å². The van der Waals surface area contributed by atoms with Crippen LogP contribution in [-0.2, 0) is 0 Å². The third kappa shape index (κ3) is 2.08. The van der Waals surface area contributed by atoms with Crippen molar-refractivity contribution in [3.8, 4) is 0 Å². The SMILES string of the molecule is Cc1ccc(C(O)c2[nH]c(C)c(C)c2C)c(C)c1. The van der Waals surface area contributed by atoms with Gasteiger partial charge in [-0.25, -0.2) is 0 Å². The van der Waals surface area contributed by atoms with E-state index in [1.165, 1.54) is 11.1 Å². The fraction of sp³-hybridized carbons (Fsp3) is 0.375. The van der Waals surface area contributed by atoms with Gasteiger partial charge in [-0.1, -0.05) is 23.8 Å². The van der Waals surface area contributed by atoms with E-state index >= 15 is 0 Å². The normalized spacial score (nSPS) is 12.8. The standard InChI is InChI=1S/C16H21NO/c1-9-6-7-14(10(2)8-9)16(18)15-12(4)11(3)13(5)17-15/h6-8,16-18H,1-5H3. The molecule has 0 amide bonds. The van der Waals surface area contributed by atoms with Crippen LogP contribution in [0.25, 0.3) is 0 Å². The quantitative estimate of drug-likeness (QED) is 0.830. The van der Waals surface area contributed by atoms with Crippen molar-refractivity contribution < 1.29 is 5.11 Å². The molecule has 0 fully saturated rings. The van der Waals surface area contributed by atoms with E-state index in [-0.39, 0.29) is 0 Å². The molecule has 1 atom stereocenters. The minimum atomic E-state index is -0.571. The lowest BCUT2D eigenvalue weighted by atomic mass is 9.97. The first-order chi connectivity index (χ1) is 8.41. The van der Waals surface area contributed by atoms with Crippen molar-refractivity contribution in [3.05, 3.63) is 57.4 Å². The molecule has 2 aromatic rings. The molecule has 0 bridgehead atoms. The van der Waals surface area contributed by atoms with Crippen molar-refractivity contribution in [3.63, 3.8) is 0 Å². The molecule has 0 aliphatic rings. The summed E-state index contributed by atoms with van der Waals surface area (Å²) in [6.07, 6.45) is -0.571. The second kappa shape index (κ2) is 4.62. The van der Waals surface area contributed by atoms with E-state index in [2.05, 4.69) is 31.8 Å². The van der Waals surface area contributed by atoms with Crippen LogP contribution in [-0.4, -0.2) is 10.1 Å². The smallest absolute Gasteiger partial charge is 0.119 e. The van der Waals surface area contributed by atoms with Crippen LogP contribution < -0.4 is 0 Å². The molecule has 96 valence electrons. The molecule has 2 N–H and O–H groups in total. The van der Waals surface area contributed by atoms with Gasteiger partial charge in [0.25, 0.3) is 0 Å². The van der Waals surface area contributed by atoms with Crippen molar-refractivity contribution in [1.82, 2.24) is 4.98 Å². The molecular weight excluding hydrogens is 222 g/mol. The maximum absolute atomic E-state index is 10.6. The Hall–Kier alpha value is -1.54. The summed E-state index contributed by atoms with van der Waals surface area (Å²) in [6, 6.07) is 6.17. The van der Waals surface area contributed by atoms with Gasteiger partial charge >= 0.3 is 0 Å². The Labute approximate surface area is 109 Å². The Morgan fingerprint density at radius 1 is 1.00 bits per heavy atom. The highest BCUT2D eigenvalue weighted by molar-refractivity contribution is 5.42. The van der Waals surface area contributed by atoms with E-state index < -0.39 is 6.10 Å². The number of rotatable bonds is 2. The number of aliphatic hydroxyl groups is 1. The van der Waals surface area contributed by atoms with Crippen molar-refractivity contribution in [2.75, 3.05) is 0 Å². The first kappa shape index (κ1) is 12.9. The molecule has 1 unspecified atom stereocenters. The van der Waals surface area contributed by atoms with Gasteiger partial charge in [-0.05, 0) is 56.9 Å². The summed E-state index contributed by atoms with van der Waals surface area (Å²) in [5.41, 5.74) is 7.76. The van der Waals surface area contributed by atoms with Gasteiger partial charge < -0.3 is 10.1 Å². The lowest BCUT2D eigenvalue weighted by Crippen LogP contribution is -2.04. The molecule has 0 aliphatic carbocycles. The molecule has 2 heteroatoms. The Morgan fingerprint density at radius 2 is 1.67 bits per heavy atom. The molecule has 1 aromatic heterocycles. The second-order valence-corrected chi connectivity index (χ2v) is 5.18. The highest BCUT2D eigenvalue weighted by Gasteiger charge is 2.18. The van der Waals surface area contributed by atoms with Gasteiger partial charge in [0, 0.05) is 5.69 Å². The fourth-order valence-corrected chi connectivity index (χ4v) is 2.43. The number of aryl methyl sites for hydroxylation is 3. The summed E-state index contributed by atoms with van der Waals surface area (Å²) in [4.78, 5) is 3.30. The van der Waals surface area contributed by atoms with E-state index in [0.29, 0.717) is 0 Å². The number of hydrogen-bond donors (Lipinski definition) is 2. The number of H-pyrrole nitrogens is 1. The van der Waals surface area contributed by atoms with Crippen LogP contribution in [0.4, 0.5) is 0 Å². The average molecular weight is 243 g/mol. The van der Waals surface area contributed by atoms with E-state index in [9.17, 15) is 5.11 Å². The molecule has 0 saturated heterocycles. The minimum Gasteiger partial charge on any atom is -0.382 e. The van der Waals surface area contributed by atoms with Crippen molar-refractivity contribution >= 4 is 0 Å². The van der Waals surface area contributed by atoms with Crippen LogP contribution in [0.1, 0.15) is 45.3 Å². The zero-order chi connectivity index (χ0) is 13.4. The number of aromatic nitrogens is 1. The number of benzene rings is 1. The number of aliphatic hydroxyl groups excluding tert-OH is 1. The Morgan fingerprint density at radius 3 is 2.17 bits per heavy atom. The molecule has 0 aliphatic heterocycles. The summed E-state index contributed by atoms with van der Waals surface area (Å²) in [7, 11) is 0. The first-order valence-electron chi connectivity index (χ1n) is 6.32. The van der Waals surface area contributed by atoms with E-state index in [1.807, 2.05) is 26.0 Å². The number of nitrogens with one attached hydrogen (secondary N) is 1. The fourth-order valence-electron chi connectivity index (χ4n) is 2.43. The lowest BCUT2D eigenvalue weighted by molar-refractivity contribution is 0.214. The Kier molecular flexibility index (Phi) is 3.31. The maximum Gasteiger partial charge on any atom is 0.119 e. The summed E-state index contributed by atoms with van der Waals surface area (Å²) in [5.74, 6) is 0. The van der Waals surface area contributed by atoms with Crippen molar-refractivity contribution in [2.24, 2.45) is 0 Å². The van der Waals surface area contributed by atoms with Gasteiger partial charge in [0.1, 0.15) is 6.10 Å². The van der Waals surface area contributed by atoms with Gasteiger partial charge in [0.2, 0.25) is 0 Å². The third-order valence-corrected chi connectivity index (χ3v) is 3.84. The summed E-state index contributed by atoms with van der Waals surface area (Å²) in [5, 5.41) is 10.6. The van der Waals surface area contributed by atoms with Gasteiger partial charge in [0.15, 0.2) is 0 Å². The van der Waals surface area contributed by atoms with Crippen molar-refractivity contribution in [1.29, 1.82) is 0 Å². The van der Waals surface area contributed by atoms with Gasteiger partial charge in [0.05, 0.1) is 5.69 Å². The molecule has 2 nitrogen and oxygen atoms in total. The average Bonchev–Trinajstić information content (AvgIpc) is 2.56. The van der Waals surface area contributed by atoms with E-state index in [0.717, 1.165) is 28.1 Å². The van der Waals surface area contributed by atoms with Gasteiger partial charge in [-0.3, -0.25) is 0 Å². The molecule has 1 aromatic carbocycles. The largest absolute Gasteiger partial charge is 0.382 e. The minimum absolute atomic E-state index is 0.571. The maximum atomic E-state index is 10.6. The topological polar surface area (TPSA) is 36.0 Å². The molecule has 2 rings (SSSR count). The van der Waals surface area contributed by atoms with Gasteiger partial charge in [-0.2, -0.15) is 0 Å². The monoisotopic (exact) mass is 243 g/mol. The highest BCUT2D eigenvalue weighted by atomic mass is 16.3. The highest BCUT2D eigenvalue weighted by Crippen LogP contribution is 2.29. The molecule has 0 spiro atoms. The molecule has 1 heterocycles. The molecule has 0 radical (unpaired) electrons. The Balaban J connectivity index is 2.47. The van der Waals surface area contributed by atoms with E-state index in [4.69, 9.17) is 0 Å². The van der Waals surface area contributed by atoms with Crippen molar-refractivity contribution in [2.45, 2.75) is 40.7 Å². The molecular formula is C16H21NO.